The number of fused-ring (bicyclic) bond motifs is 1. The second-order valence-electron chi connectivity index (χ2n) is 4.79. The Labute approximate surface area is 123 Å². The van der Waals surface area contributed by atoms with Gasteiger partial charge in [0, 0.05) is 25.7 Å². The molecule has 1 heterocycles. The standard InChI is InChI=1S/C15H20N2O4/c1-11(18)9-16-6-7-17-15(19)5-3-12-2-4-13-14(8-12)21-10-20-13/h2-5,8,11,16,18H,6-7,9-10H2,1H3,(H,17,19)/b5-3+. The van der Waals surface area contributed by atoms with Crippen molar-refractivity contribution in [1.82, 2.24) is 10.6 Å². The van der Waals surface area contributed by atoms with Gasteiger partial charge in [-0.2, -0.15) is 0 Å². The van der Waals surface area contributed by atoms with Crippen molar-refractivity contribution in [3.63, 3.8) is 0 Å². The molecule has 0 fully saturated rings. The molecule has 0 radical (unpaired) electrons. The Morgan fingerprint density at radius 3 is 3.00 bits per heavy atom. The normalized spacial score (nSPS) is 14.4. The molecule has 0 aromatic heterocycles. The van der Waals surface area contributed by atoms with Gasteiger partial charge in [0.25, 0.3) is 0 Å². The fourth-order valence-electron chi connectivity index (χ4n) is 1.83. The zero-order chi connectivity index (χ0) is 15.1. The Morgan fingerprint density at radius 2 is 2.19 bits per heavy atom. The molecule has 0 spiro atoms. The van der Waals surface area contributed by atoms with Gasteiger partial charge in [-0.05, 0) is 30.7 Å². The van der Waals surface area contributed by atoms with Crippen LogP contribution in [0.5, 0.6) is 11.5 Å². The van der Waals surface area contributed by atoms with Gasteiger partial charge in [-0.1, -0.05) is 6.07 Å². The number of benzene rings is 1. The van der Waals surface area contributed by atoms with E-state index in [-0.39, 0.29) is 18.8 Å². The number of rotatable bonds is 7. The van der Waals surface area contributed by atoms with Crippen LogP contribution >= 0.6 is 0 Å². The third-order valence-corrected chi connectivity index (χ3v) is 2.86. The van der Waals surface area contributed by atoms with Crippen molar-refractivity contribution in [3.05, 3.63) is 29.8 Å². The first-order valence-corrected chi connectivity index (χ1v) is 6.89. The maximum absolute atomic E-state index is 11.6. The molecular weight excluding hydrogens is 272 g/mol. The van der Waals surface area contributed by atoms with E-state index < -0.39 is 0 Å². The molecule has 1 aliphatic rings. The number of amides is 1. The first-order valence-electron chi connectivity index (χ1n) is 6.89. The molecule has 0 bridgehead atoms. The summed E-state index contributed by atoms with van der Waals surface area (Å²) in [4.78, 5) is 11.6. The molecule has 0 saturated carbocycles. The number of carbonyl (C=O) groups excluding carboxylic acids is 1. The van der Waals surface area contributed by atoms with E-state index in [1.807, 2.05) is 18.2 Å². The summed E-state index contributed by atoms with van der Waals surface area (Å²) in [6, 6.07) is 5.51. The van der Waals surface area contributed by atoms with Gasteiger partial charge < -0.3 is 25.2 Å². The van der Waals surface area contributed by atoms with E-state index in [9.17, 15) is 4.79 Å². The van der Waals surface area contributed by atoms with Crippen LogP contribution in [0.25, 0.3) is 6.08 Å². The first-order chi connectivity index (χ1) is 10.1. The molecule has 6 heteroatoms. The number of hydrogen-bond acceptors (Lipinski definition) is 5. The maximum Gasteiger partial charge on any atom is 0.244 e. The van der Waals surface area contributed by atoms with Crippen LogP contribution in [0.3, 0.4) is 0 Å². The monoisotopic (exact) mass is 292 g/mol. The lowest BCUT2D eigenvalue weighted by Gasteiger charge is -2.06. The third-order valence-electron chi connectivity index (χ3n) is 2.86. The molecule has 6 nitrogen and oxygen atoms in total. The molecule has 0 saturated heterocycles. The fraction of sp³-hybridized carbons (Fsp3) is 0.400. The SMILES string of the molecule is CC(O)CNCCNC(=O)/C=C/c1ccc2c(c1)OCO2. The highest BCUT2D eigenvalue weighted by molar-refractivity contribution is 5.91. The van der Waals surface area contributed by atoms with Crippen molar-refractivity contribution < 1.29 is 19.4 Å². The molecule has 114 valence electrons. The average Bonchev–Trinajstić information content (AvgIpc) is 2.92. The summed E-state index contributed by atoms with van der Waals surface area (Å²) in [7, 11) is 0. The van der Waals surface area contributed by atoms with Gasteiger partial charge in [-0.25, -0.2) is 0 Å². The molecule has 21 heavy (non-hydrogen) atoms. The molecular formula is C15H20N2O4. The van der Waals surface area contributed by atoms with Crippen LogP contribution in [0.4, 0.5) is 0 Å². The molecule has 1 aromatic rings. The Hall–Kier alpha value is -2.05. The minimum atomic E-state index is -0.383. The van der Waals surface area contributed by atoms with E-state index in [1.165, 1.54) is 6.08 Å². The highest BCUT2D eigenvalue weighted by atomic mass is 16.7. The Balaban J connectivity index is 1.72. The second kappa shape index (κ2) is 7.66. The lowest BCUT2D eigenvalue weighted by Crippen LogP contribution is -2.33. The Bertz CT molecular complexity index is 514. The number of aliphatic hydroxyl groups is 1. The van der Waals surface area contributed by atoms with Crippen LogP contribution in [-0.2, 0) is 4.79 Å². The highest BCUT2D eigenvalue weighted by Gasteiger charge is 2.12. The van der Waals surface area contributed by atoms with E-state index in [0.29, 0.717) is 25.4 Å². The molecule has 1 amide bonds. The summed E-state index contributed by atoms with van der Waals surface area (Å²) in [5.41, 5.74) is 0.877. The molecule has 1 aliphatic heterocycles. The molecule has 3 N–H and O–H groups in total. The van der Waals surface area contributed by atoms with Gasteiger partial charge in [0.15, 0.2) is 11.5 Å². The van der Waals surface area contributed by atoms with Crippen molar-refractivity contribution in [2.75, 3.05) is 26.4 Å². The van der Waals surface area contributed by atoms with Crippen LogP contribution in [0.1, 0.15) is 12.5 Å². The van der Waals surface area contributed by atoms with E-state index in [2.05, 4.69) is 10.6 Å². The number of aliphatic hydroxyl groups excluding tert-OH is 1. The van der Waals surface area contributed by atoms with Gasteiger partial charge in [0.1, 0.15) is 0 Å². The topological polar surface area (TPSA) is 79.8 Å². The predicted molar refractivity (Wildman–Crippen MR) is 79.2 cm³/mol. The zero-order valence-electron chi connectivity index (χ0n) is 12.0. The van der Waals surface area contributed by atoms with Crippen LogP contribution in [0.2, 0.25) is 0 Å². The van der Waals surface area contributed by atoms with Gasteiger partial charge in [-0.3, -0.25) is 4.79 Å². The summed E-state index contributed by atoms with van der Waals surface area (Å²) < 4.78 is 10.5. The molecule has 2 rings (SSSR count). The smallest absolute Gasteiger partial charge is 0.244 e. The third kappa shape index (κ3) is 5.09. The summed E-state index contributed by atoms with van der Waals surface area (Å²) in [6.45, 7) is 3.59. The number of hydrogen-bond donors (Lipinski definition) is 3. The van der Waals surface area contributed by atoms with E-state index in [4.69, 9.17) is 14.6 Å². The number of nitrogens with one attached hydrogen (secondary N) is 2. The van der Waals surface area contributed by atoms with Crippen LogP contribution < -0.4 is 20.1 Å². The first kappa shape index (κ1) is 15.3. The van der Waals surface area contributed by atoms with Crippen LogP contribution in [-0.4, -0.2) is 43.5 Å². The van der Waals surface area contributed by atoms with Crippen molar-refractivity contribution in [3.8, 4) is 11.5 Å². The second-order valence-corrected chi connectivity index (χ2v) is 4.79. The number of ether oxygens (including phenoxy) is 2. The zero-order valence-corrected chi connectivity index (χ0v) is 12.0. The summed E-state index contributed by atoms with van der Waals surface area (Å²) in [6.07, 6.45) is 2.82. The molecule has 1 atom stereocenters. The average molecular weight is 292 g/mol. The quantitative estimate of drug-likeness (QED) is 0.504. The largest absolute Gasteiger partial charge is 0.454 e. The molecule has 1 aromatic carbocycles. The van der Waals surface area contributed by atoms with Crippen molar-refractivity contribution in [2.24, 2.45) is 0 Å². The fourth-order valence-corrected chi connectivity index (χ4v) is 1.83. The van der Waals surface area contributed by atoms with Crippen LogP contribution in [0, 0.1) is 0 Å². The Morgan fingerprint density at radius 1 is 1.38 bits per heavy atom. The minimum Gasteiger partial charge on any atom is -0.454 e. The van der Waals surface area contributed by atoms with Gasteiger partial charge >= 0.3 is 0 Å². The minimum absolute atomic E-state index is 0.161. The van der Waals surface area contributed by atoms with E-state index >= 15 is 0 Å². The molecule has 1 unspecified atom stereocenters. The number of carbonyl (C=O) groups is 1. The van der Waals surface area contributed by atoms with Gasteiger partial charge in [-0.15, -0.1) is 0 Å². The highest BCUT2D eigenvalue weighted by Crippen LogP contribution is 2.32. The summed E-state index contributed by atoms with van der Waals surface area (Å²) in [5.74, 6) is 1.26. The Kier molecular flexibility index (Phi) is 5.59. The van der Waals surface area contributed by atoms with Crippen molar-refractivity contribution in [2.45, 2.75) is 13.0 Å². The summed E-state index contributed by atoms with van der Waals surface area (Å²) in [5, 5.41) is 14.8. The van der Waals surface area contributed by atoms with E-state index in [1.54, 1.807) is 13.0 Å². The predicted octanol–water partition coefficient (Wildman–Crippen LogP) is 0.515. The lowest BCUT2D eigenvalue weighted by molar-refractivity contribution is -0.116. The van der Waals surface area contributed by atoms with Crippen molar-refractivity contribution >= 4 is 12.0 Å². The summed E-state index contributed by atoms with van der Waals surface area (Å²) >= 11 is 0. The maximum atomic E-state index is 11.6. The van der Waals surface area contributed by atoms with Crippen LogP contribution in [0.15, 0.2) is 24.3 Å². The van der Waals surface area contributed by atoms with E-state index in [0.717, 1.165) is 11.3 Å². The molecule has 0 aliphatic carbocycles. The lowest BCUT2D eigenvalue weighted by atomic mass is 10.2. The van der Waals surface area contributed by atoms with Gasteiger partial charge in [0.05, 0.1) is 6.10 Å². The van der Waals surface area contributed by atoms with Crippen molar-refractivity contribution in [1.29, 1.82) is 0 Å². The van der Waals surface area contributed by atoms with Gasteiger partial charge in [0.2, 0.25) is 12.7 Å².